The second kappa shape index (κ2) is 6.39. The van der Waals surface area contributed by atoms with E-state index in [0.717, 1.165) is 42.4 Å². The number of nitro benzene ring substituents is 1. The molecule has 1 N–H and O–H groups in total. The Balaban J connectivity index is 1.76. The van der Waals surface area contributed by atoms with E-state index in [1.807, 2.05) is 48.6 Å². The number of rotatable bonds is 4. The summed E-state index contributed by atoms with van der Waals surface area (Å²) < 4.78 is 0. The molecule has 6 nitrogen and oxygen atoms in total. The van der Waals surface area contributed by atoms with Crippen LogP contribution in [-0.4, -0.2) is 28.2 Å². The summed E-state index contributed by atoms with van der Waals surface area (Å²) in [7, 11) is 0. The highest BCUT2D eigenvalue weighted by Crippen LogP contribution is 2.35. The first-order chi connectivity index (χ1) is 12.2. The van der Waals surface area contributed by atoms with Crippen molar-refractivity contribution < 1.29 is 4.92 Å². The van der Waals surface area contributed by atoms with Crippen LogP contribution in [0.3, 0.4) is 0 Å². The van der Waals surface area contributed by atoms with E-state index in [-0.39, 0.29) is 10.6 Å². The Morgan fingerprint density at radius 2 is 1.88 bits per heavy atom. The molecule has 0 bridgehead atoms. The maximum atomic E-state index is 11.6. The zero-order valence-electron chi connectivity index (χ0n) is 13.7. The van der Waals surface area contributed by atoms with Crippen molar-refractivity contribution in [1.29, 1.82) is 0 Å². The molecule has 0 aliphatic carbocycles. The van der Waals surface area contributed by atoms with Crippen molar-refractivity contribution in [2.24, 2.45) is 0 Å². The van der Waals surface area contributed by atoms with Crippen molar-refractivity contribution >= 4 is 34.4 Å². The SMILES string of the molecule is O=[N+]([O-])c1cc2c(C=Cc3ccccc3)n[nH]c2cc1N1CCCC1. The standard InChI is InChI=1S/C19H18N4O2/c24-23(25)19-12-15-16(9-8-14-6-2-1-3-7-14)20-21-17(15)13-18(19)22-10-4-5-11-22/h1-3,6-9,12-13H,4-5,10-11H2,(H,20,21). The highest BCUT2D eigenvalue weighted by Gasteiger charge is 2.24. The quantitative estimate of drug-likeness (QED) is 0.572. The summed E-state index contributed by atoms with van der Waals surface area (Å²) in [4.78, 5) is 13.3. The zero-order chi connectivity index (χ0) is 17.2. The van der Waals surface area contributed by atoms with E-state index in [0.29, 0.717) is 11.4 Å². The van der Waals surface area contributed by atoms with Crippen molar-refractivity contribution in [3.05, 3.63) is 63.8 Å². The average Bonchev–Trinajstić information content (AvgIpc) is 3.29. The Morgan fingerprint density at radius 3 is 2.60 bits per heavy atom. The number of aromatic nitrogens is 2. The van der Waals surface area contributed by atoms with Crippen LogP contribution < -0.4 is 4.90 Å². The van der Waals surface area contributed by atoms with Gasteiger partial charge in [0.2, 0.25) is 0 Å². The number of H-pyrrole nitrogens is 1. The number of nitrogens with one attached hydrogen (secondary N) is 1. The van der Waals surface area contributed by atoms with Crippen LogP contribution in [0.5, 0.6) is 0 Å². The first kappa shape index (κ1) is 15.4. The zero-order valence-corrected chi connectivity index (χ0v) is 13.7. The molecule has 4 rings (SSSR count). The summed E-state index contributed by atoms with van der Waals surface area (Å²) in [5, 5.41) is 19.7. The lowest BCUT2D eigenvalue weighted by atomic mass is 10.1. The summed E-state index contributed by atoms with van der Waals surface area (Å²) in [6.45, 7) is 1.72. The molecule has 6 heteroatoms. The molecule has 0 unspecified atom stereocenters. The average molecular weight is 334 g/mol. The number of fused-ring (bicyclic) bond motifs is 1. The van der Waals surface area contributed by atoms with Gasteiger partial charge in [0.1, 0.15) is 5.69 Å². The van der Waals surface area contributed by atoms with Crippen molar-refractivity contribution in [2.45, 2.75) is 12.8 Å². The number of benzene rings is 2. The van der Waals surface area contributed by atoms with E-state index in [1.165, 1.54) is 0 Å². The molecule has 1 aliphatic rings. The summed E-state index contributed by atoms with van der Waals surface area (Å²) in [5.74, 6) is 0. The normalized spacial score (nSPS) is 14.6. The lowest BCUT2D eigenvalue weighted by Crippen LogP contribution is -2.18. The van der Waals surface area contributed by atoms with Gasteiger partial charge < -0.3 is 4.90 Å². The van der Waals surface area contributed by atoms with Crippen LogP contribution in [0.1, 0.15) is 24.1 Å². The largest absolute Gasteiger partial charge is 0.366 e. The smallest absolute Gasteiger partial charge is 0.293 e. The minimum atomic E-state index is -0.301. The number of nitro groups is 1. The molecule has 1 saturated heterocycles. The Bertz CT molecular complexity index is 941. The topological polar surface area (TPSA) is 75.1 Å². The van der Waals surface area contributed by atoms with Crippen LogP contribution in [0.15, 0.2) is 42.5 Å². The molecule has 0 spiro atoms. The van der Waals surface area contributed by atoms with Crippen LogP contribution in [0, 0.1) is 10.1 Å². The van der Waals surface area contributed by atoms with Crippen LogP contribution in [0.25, 0.3) is 23.1 Å². The number of hydrogen-bond donors (Lipinski definition) is 1. The van der Waals surface area contributed by atoms with Gasteiger partial charge in [-0.3, -0.25) is 15.2 Å². The number of nitrogens with zero attached hydrogens (tertiary/aromatic N) is 3. The van der Waals surface area contributed by atoms with E-state index in [2.05, 4.69) is 15.1 Å². The van der Waals surface area contributed by atoms with Crippen molar-refractivity contribution in [1.82, 2.24) is 10.2 Å². The van der Waals surface area contributed by atoms with E-state index in [4.69, 9.17) is 0 Å². The number of anilines is 1. The molecule has 0 amide bonds. The van der Waals surface area contributed by atoms with Gasteiger partial charge in [-0.1, -0.05) is 36.4 Å². The van der Waals surface area contributed by atoms with E-state index in [1.54, 1.807) is 6.07 Å². The maximum absolute atomic E-state index is 11.6. The molecule has 0 saturated carbocycles. The summed E-state index contributed by atoms with van der Waals surface area (Å²) in [5.41, 5.74) is 3.40. The molecule has 3 aromatic rings. The van der Waals surface area contributed by atoms with Crippen molar-refractivity contribution in [2.75, 3.05) is 18.0 Å². The summed E-state index contributed by atoms with van der Waals surface area (Å²) >= 11 is 0. The highest BCUT2D eigenvalue weighted by atomic mass is 16.6. The van der Waals surface area contributed by atoms with Gasteiger partial charge in [0.25, 0.3) is 5.69 Å². The van der Waals surface area contributed by atoms with Crippen LogP contribution in [0.2, 0.25) is 0 Å². The summed E-state index contributed by atoms with van der Waals surface area (Å²) in [6, 6.07) is 13.4. The highest BCUT2D eigenvalue weighted by molar-refractivity contribution is 5.94. The molecule has 25 heavy (non-hydrogen) atoms. The Hall–Kier alpha value is -3.15. The fourth-order valence-electron chi connectivity index (χ4n) is 3.29. The Morgan fingerprint density at radius 1 is 1.12 bits per heavy atom. The molecular weight excluding hydrogens is 316 g/mol. The van der Waals surface area contributed by atoms with E-state index in [9.17, 15) is 10.1 Å². The maximum Gasteiger partial charge on any atom is 0.293 e. The fraction of sp³-hybridized carbons (Fsp3) is 0.211. The first-order valence-corrected chi connectivity index (χ1v) is 8.37. The third-order valence-electron chi connectivity index (χ3n) is 4.56. The molecule has 1 aliphatic heterocycles. The third kappa shape index (κ3) is 2.98. The van der Waals surface area contributed by atoms with Crippen LogP contribution >= 0.6 is 0 Å². The van der Waals surface area contributed by atoms with Gasteiger partial charge in [-0.05, 0) is 30.5 Å². The van der Waals surface area contributed by atoms with Gasteiger partial charge in [0.15, 0.2) is 0 Å². The van der Waals surface area contributed by atoms with Gasteiger partial charge >= 0.3 is 0 Å². The first-order valence-electron chi connectivity index (χ1n) is 8.37. The second-order valence-corrected chi connectivity index (χ2v) is 6.19. The van der Waals surface area contributed by atoms with E-state index >= 15 is 0 Å². The van der Waals surface area contributed by atoms with Gasteiger partial charge in [0, 0.05) is 24.5 Å². The molecule has 1 fully saturated rings. The van der Waals surface area contributed by atoms with Gasteiger partial charge in [0.05, 0.1) is 16.1 Å². The molecule has 126 valence electrons. The monoisotopic (exact) mass is 334 g/mol. The number of aromatic amines is 1. The molecule has 1 aromatic heterocycles. The third-order valence-corrected chi connectivity index (χ3v) is 4.56. The van der Waals surface area contributed by atoms with Crippen molar-refractivity contribution in [3.8, 4) is 0 Å². The van der Waals surface area contributed by atoms with Crippen molar-refractivity contribution in [3.63, 3.8) is 0 Å². The van der Waals surface area contributed by atoms with Crippen LogP contribution in [0.4, 0.5) is 11.4 Å². The van der Waals surface area contributed by atoms with Gasteiger partial charge in [-0.2, -0.15) is 5.10 Å². The van der Waals surface area contributed by atoms with Gasteiger partial charge in [-0.15, -0.1) is 0 Å². The fourth-order valence-corrected chi connectivity index (χ4v) is 3.29. The summed E-state index contributed by atoms with van der Waals surface area (Å²) in [6.07, 6.45) is 5.98. The molecule has 0 atom stereocenters. The predicted molar refractivity (Wildman–Crippen MR) is 99.6 cm³/mol. The predicted octanol–water partition coefficient (Wildman–Crippen LogP) is 4.24. The molecule has 0 radical (unpaired) electrons. The Labute approximate surface area is 144 Å². The van der Waals surface area contributed by atoms with Crippen LogP contribution in [-0.2, 0) is 0 Å². The minimum absolute atomic E-state index is 0.144. The Kier molecular flexibility index (Phi) is 3.93. The molecule has 2 aromatic carbocycles. The number of hydrogen-bond acceptors (Lipinski definition) is 4. The second-order valence-electron chi connectivity index (χ2n) is 6.19. The minimum Gasteiger partial charge on any atom is -0.366 e. The lowest BCUT2D eigenvalue weighted by molar-refractivity contribution is -0.384. The van der Waals surface area contributed by atoms with Gasteiger partial charge in [-0.25, -0.2) is 0 Å². The molecule has 2 heterocycles. The molecular formula is C19H18N4O2. The lowest BCUT2D eigenvalue weighted by Gasteiger charge is -2.17. The van der Waals surface area contributed by atoms with E-state index < -0.39 is 0 Å².